The topological polar surface area (TPSA) is 64.1 Å². The van der Waals surface area contributed by atoms with E-state index in [0.29, 0.717) is 32.9 Å². The van der Waals surface area contributed by atoms with Crippen molar-refractivity contribution in [3.05, 3.63) is 64.7 Å². The number of aliphatic imine (C=N–C) groups is 1. The molecule has 0 radical (unpaired) electrons. The van der Waals surface area contributed by atoms with Gasteiger partial charge in [0.25, 0.3) is 0 Å². The molecule has 0 aliphatic carbocycles. The van der Waals surface area contributed by atoms with Crippen molar-refractivity contribution in [2.24, 2.45) is 4.99 Å². The Labute approximate surface area is 210 Å². The lowest BCUT2D eigenvalue weighted by Gasteiger charge is -2.16. The molecule has 2 N–H and O–H groups in total. The normalized spacial score (nSPS) is 11.2. The molecule has 32 heavy (non-hydrogen) atoms. The minimum absolute atomic E-state index is 0. The lowest BCUT2D eigenvalue weighted by molar-refractivity contribution is 0.0657. The van der Waals surface area contributed by atoms with Gasteiger partial charge in [-0.3, -0.25) is 4.99 Å². The lowest BCUT2D eigenvalue weighted by atomic mass is 10.1. The smallest absolute Gasteiger partial charge is 0.191 e. The van der Waals surface area contributed by atoms with Crippen LogP contribution in [0, 0.1) is 6.92 Å². The average molecular weight is 556 g/mol. The quantitative estimate of drug-likeness (QED) is 0.170. The van der Waals surface area contributed by atoms with Gasteiger partial charge in [0.1, 0.15) is 5.75 Å². The van der Waals surface area contributed by atoms with Crippen molar-refractivity contribution < 1.29 is 14.2 Å². The molecule has 178 valence electrons. The summed E-state index contributed by atoms with van der Waals surface area (Å²) in [4.78, 5) is 4.35. The Bertz CT molecular complexity index is 828. The standard InChI is InChI=1S/C25H37N3O3.HI/c1-19(2)31-18-22-9-6-8-21(15-22)16-27-25(26-4)28-17-23-11-10-20(3)14-24(23)30-13-7-12-29-5;/h6,8-11,14-15,19H,7,12-13,16-18H2,1-5H3,(H2,26,27,28);1H. The molecule has 0 saturated carbocycles. The predicted molar refractivity (Wildman–Crippen MR) is 142 cm³/mol. The van der Waals surface area contributed by atoms with Gasteiger partial charge in [-0.25, -0.2) is 0 Å². The molecule has 0 aliphatic rings. The lowest BCUT2D eigenvalue weighted by Crippen LogP contribution is -2.36. The molecular weight excluding hydrogens is 517 g/mol. The fourth-order valence-corrected chi connectivity index (χ4v) is 3.01. The summed E-state index contributed by atoms with van der Waals surface area (Å²) in [5.74, 6) is 1.65. The van der Waals surface area contributed by atoms with Crippen LogP contribution in [0.2, 0.25) is 0 Å². The summed E-state index contributed by atoms with van der Waals surface area (Å²) in [6.07, 6.45) is 1.09. The summed E-state index contributed by atoms with van der Waals surface area (Å²) in [6.45, 7) is 9.43. The van der Waals surface area contributed by atoms with Crippen molar-refractivity contribution in [2.75, 3.05) is 27.4 Å². The Balaban J connectivity index is 0.00000512. The molecule has 0 atom stereocenters. The number of nitrogens with zero attached hydrogens (tertiary/aromatic N) is 1. The molecule has 6 nitrogen and oxygen atoms in total. The molecule has 0 aromatic heterocycles. The first-order valence-corrected chi connectivity index (χ1v) is 10.9. The fourth-order valence-electron chi connectivity index (χ4n) is 3.01. The summed E-state index contributed by atoms with van der Waals surface area (Å²) < 4.78 is 16.8. The zero-order chi connectivity index (χ0) is 22.5. The summed E-state index contributed by atoms with van der Waals surface area (Å²) in [5, 5.41) is 6.76. The van der Waals surface area contributed by atoms with Crippen LogP contribution in [0.3, 0.4) is 0 Å². The van der Waals surface area contributed by atoms with E-state index in [1.165, 1.54) is 16.7 Å². The van der Waals surface area contributed by atoms with Gasteiger partial charge in [0.15, 0.2) is 5.96 Å². The number of ether oxygens (including phenoxy) is 3. The number of rotatable bonds is 12. The maximum Gasteiger partial charge on any atom is 0.191 e. The highest BCUT2D eigenvalue weighted by Crippen LogP contribution is 2.20. The molecule has 7 heteroatoms. The molecule has 2 aromatic rings. The molecule has 0 saturated heterocycles. The van der Waals surface area contributed by atoms with Crippen LogP contribution in [0.1, 0.15) is 42.5 Å². The molecule has 0 bridgehead atoms. The molecule has 2 rings (SSSR count). The van der Waals surface area contributed by atoms with Crippen molar-refractivity contribution in [1.29, 1.82) is 0 Å². The number of halogens is 1. The number of methoxy groups -OCH3 is 1. The number of hydrogen-bond donors (Lipinski definition) is 2. The van der Waals surface area contributed by atoms with Gasteiger partial charge >= 0.3 is 0 Å². The summed E-state index contributed by atoms with van der Waals surface area (Å²) in [5.41, 5.74) is 4.63. The number of hydrogen-bond acceptors (Lipinski definition) is 4. The molecule has 0 aliphatic heterocycles. The van der Waals surface area contributed by atoms with Crippen LogP contribution in [0.15, 0.2) is 47.5 Å². The van der Waals surface area contributed by atoms with E-state index >= 15 is 0 Å². The van der Waals surface area contributed by atoms with E-state index in [2.05, 4.69) is 65.0 Å². The van der Waals surface area contributed by atoms with Crippen LogP contribution in [-0.2, 0) is 29.2 Å². The highest BCUT2D eigenvalue weighted by atomic mass is 127. The van der Waals surface area contributed by atoms with E-state index in [4.69, 9.17) is 14.2 Å². The van der Waals surface area contributed by atoms with E-state index in [1.807, 2.05) is 13.8 Å². The van der Waals surface area contributed by atoms with Gasteiger partial charge in [-0.15, -0.1) is 24.0 Å². The largest absolute Gasteiger partial charge is 0.493 e. The molecule has 2 aromatic carbocycles. The van der Waals surface area contributed by atoms with Crippen LogP contribution < -0.4 is 15.4 Å². The van der Waals surface area contributed by atoms with E-state index in [-0.39, 0.29) is 30.1 Å². The summed E-state index contributed by atoms with van der Waals surface area (Å²) in [6, 6.07) is 14.7. The number of aryl methyl sites for hydroxylation is 1. The van der Waals surface area contributed by atoms with Crippen LogP contribution in [0.4, 0.5) is 0 Å². The van der Waals surface area contributed by atoms with Gasteiger partial charge in [-0.2, -0.15) is 0 Å². The maximum atomic E-state index is 5.98. The number of nitrogens with one attached hydrogen (secondary N) is 2. The van der Waals surface area contributed by atoms with Crippen molar-refractivity contribution in [2.45, 2.75) is 53.0 Å². The van der Waals surface area contributed by atoms with Crippen molar-refractivity contribution >= 4 is 29.9 Å². The molecule has 0 unspecified atom stereocenters. The number of guanidine groups is 1. The Kier molecular flexibility index (Phi) is 14.0. The highest BCUT2D eigenvalue weighted by molar-refractivity contribution is 14.0. The SMILES string of the molecule is CN=C(NCc1cccc(COC(C)C)c1)NCc1ccc(C)cc1OCCCOC.I. The van der Waals surface area contributed by atoms with E-state index in [1.54, 1.807) is 14.2 Å². The third-order valence-corrected chi connectivity index (χ3v) is 4.68. The maximum absolute atomic E-state index is 5.98. The fraction of sp³-hybridized carbons (Fsp3) is 0.480. The predicted octanol–water partition coefficient (Wildman–Crippen LogP) is 4.82. The summed E-state index contributed by atoms with van der Waals surface area (Å²) >= 11 is 0. The molecule has 0 spiro atoms. The van der Waals surface area contributed by atoms with Crippen LogP contribution in [-0.4, -0.2) is 39.4 Å². The Morgan fingerprint density at radius 3 is 2.47 bits per heavy atom. The van der Waals surface area contributed by atoms with Gasteiger partial charge in [-0.1, -0.05) is 36.4 Å². The number of benzene rings is 2. The molecule has 0 fully saturated rings. The van der Waals surface area contributed by atoms with Gasteiger partial charge in [0.2, 0.25) is 0 Å². The third-order valence-electron chi connectivity index (χ3n) is 4.68. The van der Waals surface area contributed by atoms with Crippen LogP contribution >= 0.6 is 24.0 Å². The minimum Gasteiger partial charge on any atom is -0.493 e. The van der Waals surface area contributed by atoms with Crippen molar-refractivity contribution in [3.8, 4) is 5.75 Å². The minimum atomic E-state index is 0. The Hall–Kier alpha value is -1.84. The van der Waals surface area contributed by atoms with E-state index < -0.39 is 0 Å². The van der Waals surface area contributed by atoms with Crippen LogP contribution in [0.5, 0.6) is 5.75 Å². The monoisotopic (exact) mass is 555 g/mol. The highest BCUT2D eigenvalue weighted by Gasteiger charge is 2.07. The van der Waals surface area contributed by atoms with Crippen molar-refractivity contribution in [3.63, 3.8) is 0 Å². The van der Waals surface area contributed by atoms with Gasteiger partial charge in [-0.05, 0) is 43.5 Å². The zero-order valence-electron chi connectivity index (χ0n) is 19.9. The van der Waals surface area contributed by atoms with Gasteiger partial charge in [0.05, 0.1) is 19.3 Å². The van der Waals surface area contributed by atoms with Crippen molar-refractivity contribution in [1.82, 2.24) is 10.6 Å². The molecular formula is C25H38IN3O3. The zero-order valence-corrected chi connectivity index (χ0v) is 22.3. The first kappa shape index (κ1) is 28.2. The Morgan fingerprint density at radius 1 is 1.00 bits per heavy atom. The Morgan fingerprint density at radius 2 is 1.75 bits per heavy atom. The first-order chi connectivity index (χ1) is 15.0. The van der Waals surface area contributed by atoms with E-state index in [0.717, 1.165) is 23.7 Å². The second-order valence-electron chi connectivity index (χ2n) is 7.77. The summed E-state index contributed by atoms with van der Waals surface area (Å²) in [7, 11) is 3.48. The molecule has 0 heterocycles. The second-order valence-corrected chi connectivity index (χ2v) is 7.77. The van der Waals surface area contributed by atoms with Gasteiger partial charge in [0, 0.05) is 45.8 Å². The van der Waals surface area contributed by atoms with E-state index in [9.17, 15) is 0 Å². The van der Waals surface area contributed by atoms with Crippen LogP contribution in [0.25, 0.3) is 0 Å². The van der Waals surface area contributed by atoms with Gasteiger partial charge < -0.3 is 24.8 Å². The third kappa shape index (κ3) is 10.7. The molecule has 0 amide bonds. The first-order valence-electron chi connectivity index (χ1n) is 10.9. The average Bonchev–Trinajstić information content (AvgIpc) is 2.76. The second kappa shape index (κ2) is 15.9.